The lowest BCUT2D eigenvalue weighted by Gasteiger charge is -2.38. The van der Waals surface area contributed by atoms with Crippen molar-refractivity contribution in [3.05, 3.63) is 35.9 Å². The molecule has 0 amide bonds. The zero-order valence-corrected chi connectivity index (χ0v) is 9.19. The standard InChI is InChI=1S/C14H18O/c1-10-11-7-8-13(9-11)14(10,15)12-5-3-2-4-6-12/h2-6,10-11,13,15H,7-9H2,1H3/t10-,11+,13-,14+/m1/s1. The lowest BCUT2D eigenvalue weighted by molar-refractivity contribution is -0.0597. The molecule has 4 atom stereocenters. The van der Waals surface area contributed by atoms with E-state index in [0.717, 1.165) is 11.5 Å². The molecule has 15 heavy (non-hydrogen) atoms. The quantitative estimate of drug-likeness (QED) is 0.742. The summed E-state index contributed by atoms with van der Waals surface area (Å²) < 4.78 is 0. The van der Waals surface area contributed by atoms with Crippen LogP contribution in [0.4, 0.5) is 0 Å². The Hall–Kier alpha value is -0.820. The maximum absolute atomic E-state index is 10.9. The Kier molecular flexibility index (Phi) is 1.93. The molecule has 3 rings (SSSR count). The van der Waals surface area contributed by atoms with Crippen molar-refractivity contribution in [3.8, 4) is 0 Å². The third-order valence-corrected chi connectivity index (χ3v) is 4.73. The van der Waals surface area contributed by atoms with Crippen molar-refractivity contribution >= 4 is 0 Å². The summed E-state index contributed by atoms with van der Waals surface area (Å²) in [6.07, 6.45) is 3.76. The SMILES string of the molecule is C[C@@H]1[C@H]2CC[C@H](C2)[C@@]1(O)c1ccccc1. The predicted molar refractivity (Wildman–Crippen MR) is 60.3 cm³/mol. The number of fused-ring (bicyclic) bond motifs is 2. The van der Waals surface area contributed by atoms with Crippen molar-refractivity contribution in [2.24, 2.45) is 17.8 Å². The molecule has 1 aromatic rings. The molecule has 2 aliphatic rings. The molecule has 2 fully saturated rings. The molecule has 1 nitrogen and oxygen atoms in total. The van der Waals surface area contributed by atoms with Crippen LogP contribution in [0.25, 0.3) is 0 Å². The van der Waals surface area contributed by atoms with Crippen molar-refractivity contribution in [1.29, 1.82) is 0 Å². The highest BCUT2D eigenvalue weighted by Crippen LogP contribution is 2.58. The van der Waals surface area contributed by atoms with Crippen LogP contribution in [-0.4, -0.2) is 5.11 Å². The van der Waals surface area contributed by atoms with E-state index in [1.54, 1.807) is 0 Å². The highest BCUT2D eigenvalue weighted by molar-refractivity contribution is 5.27. The molecule has 0 heterocycles. The van der Waals surface area contributed by atoms with Crippen LogP contribution in [0.5, 0.6) is 0 Å². The van der Waals surface area contributed by atoms with Gasteiger partial charge in [-0.3, -0.25) is 0 Å². The molecule has 0 spiro atoms. The van der Waals surface area contributed by atoms with Crippen LogP contribution < -0.4 is 0 Å². The monoisotopic (exact) mass is 202 g/mol. The summed E-state index contributed by atoms with van der Waals surface area (Å²) >= 11 is 0. The molecular formula is C14H18O. The van der Waals surface area contributed by atoms with E-state index in [4.69, 9.17) is 0 Å². The maximum atomic E-state index is 10.9. The van der Waals surface area contributed by atoms with E-state index in [0.29, 0.717) is 11.8 Å². The van der Waals surface area contributed by atoms with Crippen LogP contribution in [0.15, 0.2) is 30.3 Å². The van der Waals surface area contributed by atoms with E-state index in [9.17, 15) is 5.11 Å². The summed E-state index contributed by atoms with van der Waals surface area (Å²) in [5.41, 5.74) is 0.592. The van der Waals surface area contributed by atoms with Crippen molar-refractivity contribution < 1.29 is 5.11 Å². The summed E-state index contributed by atoms with van der Waals surface area (Å²) in [7, 11) is 0. The third kappa shape index (κ3) is 1.13. The molecular weight excluding hydrogens is 184 g/mol. The average molecular weight is 202 g/mol. The van der Waals surface area contributed by atoms with Crippen LogP contribution in [0.1, 0.15) is 31.7 Å². The molecule has 2 bridgehead atoms. The average Bonchev–Trinajstić information content (AvgIpc) is 2.84. The maximum Gasteiger partial charge on any atom is 0.0952 e. The zero-order chi connectivity index (χ0) is 10.5. The van der Waals surface area contributed by atoms with Gasteiger partial charge in [-0.2, -0.15) is 0 Å². The minimum Gasteiger partial charge on any atom is -0.385 e. The van der Waals surface area contributed by atoms with Crippen molar-refractivity contribution in [3.63, 3.8) is 0 Å². The van der Waals surface area contributed by atoms with Crippen molar-refractivity contribution in [1.82, 2.24) is 0 Å². The minimum absolute atomic E-state index is 0.429. The number of benzene rings is 1. The fourth-order valence-corrected chi connectivity index (χ4v) is 3.81. The van der Waals surface area contributed by atoms with Crippen LogP contribution >= 0.6 is 0 Å². The van der Waals surface area contributed by atoms with E-state index >= 15 is 0 Å². The first-order valence-electron chi connectivity index (χ1n) is 6.01. The van der Waals surface area contributed by atoms with Gasteiger partial charge in [-0.05, 0) is 42.6 Å². The molecule has 0 radical (unpaired) electrons. The van der Waals surface area contributed by atoms with Gasteiger partial charge in [-0.1, -0.05) is 37.3 Å². The van der Waals surface area contributed by atoms with Gasteiger partial charge in [0.2, 0.25) is 0 Å². The van der Waals surface area contributed by atoms with Gasteiger partial charge in [0.15, 0.2) is 0 Å². The fraction of sp³-hybridized carbons (Fsp3) is 0.571. The van der Waals surface area contributed by atoms with Gasteiger partial charge in [0.1, 0.15) is 0 Å². The molecule has 2 saturated carbocycles. The van der Waals surface area contributed by atoms with Gasteiger partial charge in [0.25, 0.3) is 0 Å². The van der Waals surface area contributed by atoms with Gasteiger partial charge in [0.05, 0.1) is 5.60 Å². The Bertz CT molecular complexity index is 355. The second-order valence-electron chi connectivity index (χ2n) is 5.25. The largest absolute Gasteiger partial charge is 0.385 e. The van der Waals surface area contributed by atoms with E-state index in [-0.39, 0.29) is 0 Å². The third-order valence-electron chi connectivity index (χ3n) is 4.73. The van der Waals surface area contributed by atoms with E-state index in [2.05, 4.69) is 19.1 Å². The minimum atomic E-state index is -0.538. The van der Waals surface area contributed by atoms with Crippen LogP contribution in [0.3, 0.4) is 0 Å². The summed E-state index contributed by atoms with van der Waals surface area (Å²) in [6.45, 7) is 2.22. The molecule has 2 aliphatic carbocycles. The Labute approximate surface area is 91.1 Å². The Morgan fingerprint density at radius 3 is 2.53 bits per heavy atom. The van der Waals surface area contributed by atoms with E-state index < -0.39 is 5.60 Å². The number of rotatable bonds is 1. The number of aliphatic hydroxyl groups is 1. The first-order chi connectivity index (χ1) is 7.23. The number of hydrogen-bond donors (Lipinski definition) is 1. The molecule has 1 aromatic carbocycles. The van der Waals surface area contributed by atoms with Crippen LogP contribution in [0, 0.1) is 17.8 Å². The molecule has 1 heteroatoms. The Morgan fingerprint density at radius 1 is 1.20 bits per heavy atom. The topological polar surface area (TPSA) is 20.2 Å². The second-order valence-corrected chi connectivity index (χ2v) is 5.25. The van der Waals surface area contributed by atoms with Gasteiger partial charge in [0, 0.05) is 0 Å². The summed E-state index contributed by atoms with van der Waals surface area (Å²) in [5.74, 6) is 1.68. The van der Waals surface area contributed by atoms with Crippen molar-refractivity contribution in [2.75, 3.05) is 0 Å². The number of hydrogen-bond acceptors (Lipinski definition) is 1. The zero-order valence-electron chi connectivity index (χ0n) is 9.19. The summed E-state index contributed by atoms with van der Waals surface area (Å²) in [4.78, 5) is 0. The van der Waals surface area contributed by atoms with Gasteiger partial charge >= 0.3 is 0 Å². The summed E-state index contributed by atoms with van der Waals surface area (Å²) in [5, 5.41) is 10.9. The highest BCUT2D eigenvalue weighted by atomic mass is 16.3. The normalized spacial score (nSPS) is 43.5. The van der Waals surface area contributed by atoms with Gasteiger partial charge in [-0.25, -0.2) is 0 Å². The summed E-state index contributed by atoms with van der Waals surface area (Å²) in [6, 6.07) is 10.2. The Morgan fingerprint density at radius 2 is 1.93 bits per heavy atom. The molecule has 0 aliphatic heterocycles. The smallest absolute Gasteiger partial charge is 0.0952 e. The van der Waals surface area contributed by atoms with Crippen LogP contribution in [0.2, 0.25) is 0 Å². The van der Waals surface area contributed by atoms with Gasteiger partial charge in [-0.15, -0.1) is 0 Å². The van der Waals surface area contributed by atoms with Crippen LogP contribution in [-0.2, 0) is 5.60 Å². The lowest BCUT2D eigenvalue weighted by atomic mass is 9.72. The fourth-order valence-electron chi connectivity index (χ4n) is 3.81. The molecule has 80 valence electrons. The second kappa shape index (κ2) is 3.08. The molecule has 1 N–H and O–H groups in total. The molecule has 0 unspecified atom stereocenters. The Balaban J connectivity index is 2.04. The molecule has 0 saturated heterocycles. The van der Waals surface area contributed by atoms with Crippen molar-refractivity contribution in [2.45, 2.75) is 31.8 Å². The highest BCUT2D eigenvalue weighted by Gasteiger charge is 2.55. The van der Waals surface area contributed by atoms with E-state index in [1.165, 1.54) is 19.3 Å². The molecule has 0 aromatic heterocycles. The first-order valence-corrected chi connectivity index (χ1v) is 6.01. The van der Waals surface area contributed by atoms with Gasteiger partial charge < -0.3 is 5.11 Å². The lowest BCUT2D eigenvalue weighted by Crippen LogP contribution is -2.39. The van der Waals surface area contributed by atoms with E-state index in [1.807, 2.05) is 18.2 Å². The first kappa shape index (κ1) is 9.41. The predicted octanol–water partition coefficient (Wildman–Crippen LogP) is 2.94.